The lowest BCUT2D eigenvalue weighted by Gasteiger charge is -2.37. The number of thiol groups is 1. The number of carbonyl (C=O) groups excluding carboxylic acids is 1. The number of anilines is 1. The van der Waals surface area contributed by atoms with Gasteiger partial charge in [-0.2, -0.15) is 5.26 Å². The van der Waals surface area contributed by atoms with Crippen LogP contribution in [0.5, 0.6) is 0 Å². The Labute approximate surface area is 135 Å². The van der Waals surface area contributed by atoms with E-state index in [1.165, 1.54) is 23.5 Å². The van der Waals surface area contributed by atoms with Crippen LogP contribution in [0.2, 0.25) is 0 Å². The van der Waals surface area contributed by atoms with Crippen LogP contribution < -0.4 is 10.2 Å². The van der Waals surface area contributed by atoms with E-state index in [0.29, 0.717) is 5.69 Å². The Morgan fingerprint density at radius 2 is 2.05 bits per heavy atom. The van der Waals surface area contributed by atoms with E-state index in [4.69, 9.17) is 5.26 Å². The molecule has 1 aliphatic heterocycles. The van der Waals surface area contributed by atoms with Crippen LogP contribution in [0.1, 0.15) is 11.0 Å². The van der Waals surface area contributed by atoms with Crippen molar-refractivity contribution in [2.75, 3.05) is 4.90 Å². The second-order valence-corrected chi connectivity index (χ2v) is 5.95. The third kappa shape index (κ3) is 2.47. The Kier molecular flexibility index (Phi) is 3.88. The fourth-order valence-electron chi connectivity index (χ4n) is 2.22. The molecule has 1 aliphatic rings. The minimum absolute atomic E-state index is 0.0690. The molecule has 1 amide bonds. The molecule has 2 aromatic rings. The van der Waals surface area contributed by atoms with Crippen molar-refractivity contribution in [2.24, 2.45) is 0 Å². The number of thiophene rings is 1. The van der Waals surface area contributed by atoms with Gasteiger partial charge >= 0.3 is 0 Å². The third-order valence-corrected chi connectivity index (χ3v) is 4.60. The topological polar surface area (TPSA) is 56.1 Å². The number of rotatable bonds is 2. The molecule has 4 nitrogen and oxygen atoms in total. The van der Waals surface area contributed by atoms with E-state index in [1.807, 2.05) is 23.6 Å². The molecule has 0 spiro atoms. The summed E-state index contributed by atoms with van der Waals surface area (Å²) in [5.74, 6) is -0.827. The Morgan fingerprint density at radius 3 is 2.64 bits per heavy atom. The van der Waals surface area contributed by atoms with Gasteiger partial charge in [-0.15, -0.1) is 24.0 Å². The van der Waals surface area contributed by atoms with Gasteiger partial charge in [0.25, 0.3) is 5.91 Å². The van der Waals surface area contributed by atoms with Gasteiger partial charge in [0.05, 0.1) is 5.03 Å². The molecule has 0 bridgehead atoms. The predicted octanol–water partition coefficient (Wildman–Crippen LogP) is 3.19. The highest BCUT2D eigenvalue weighted by molar-refractivity contribution is 7.84. The summed E-state index contributed by atoms with van der Waals surface area (Å²) in [6.07, 6.45) is -0.484. The van der Waals surface area contributed by atoms with Crippen LogP contribution in [-0.2, 0) is 4.79 Å². The minimum atomic E-state index is -0.484. The smallest absolute Gasteiger partial charge is 0.266 e. The summed E-state index contributed by atoms with van der Waals surface area (Å²) in [5, 5.41) is 14.1. The first kappa shape index (κ1) is 14.6. The average Bonchev–Trinajstić information content (AvgIpc) is 3.03. The second kappa shape index (κ2) is 5.83. The van der Waals surface area contributed by atoms with Gasteiger partial charge < -0.3 is 10.2 Å². The van der Waals surface area contributed by atoms with E-state index >= 15 is 0 Å². The van der Waals surface area contributed by atoms with E-state index < -0.39 is 12.1 Å². The molecule has 0 saturated carbocycles. The standard InChI is InChI=1S/C15H10FN3OS2/c16-9-3-5-10(6-4-9)19-13(12-2-1-7-22-12)18-14(20)11(8-17)15(19)21/h1-7,13,21H,(H,18,20)/t13-/m0/s1. The van der Waals surface area contributed by atoms with Crippen molar-refractivity contribution in [2.45, 2.75) is 6.17 Å². The van der Waals surface area contributed by atoms with E-state index in [-0.39, 0.29) is 16.4 Å². The normalized spacial score (nSPS) is 18.1. The number of nitrogens with zero attached hydrogens (tertiary/aromatic N) is 2. The second-order valence-electron chi connectivity index (χ2n) is 4.55. The van der Waals surface area contributed by atoms with Crippen LogP contribution in [0.25, 0.3) is 0 Å². The molecule has 0 fully saturated rings. The van der Waals surface area contributed by atoms with Gasteiger partial charge in [0.2, 0.25) is 0 Å². The zero-order valence-corrected chi connectivity index (χ0v) is 12.9. The first-order valence-corrected chi connectivity index (χ1v) is 7.67. The van der Waals surface area contributed by atoms with Gasteiger partial charge in [-0.25, -0.2) is 4.39 Å². The predicted molar refractivity (Wildman–Crippen MR) is 85.7 cm³/mol. The first-order valence-electron chi connectivity index (χ1n) is 6.34. The highest BCUT2D eigenvalue weighted by Gasteiger charge is 2.34. The highest BCUT2D eigenvalue weighted by Crippen LogP contribution is 2.36. The van der Waals surface area contributed by atoms with Crippen molar-refractivity contribution in [3.63, 3.8) is 0 Å². The van der Waals surface area contributed by atoms with Crippen LogP contribution in [0.4, 0.5) is 10.1 Å². The van der Waals surface area contributed by atoms with E-state index in [9.17, 15) is 9.18 Å². The largest absolute Gasteiger partial charge is 0.326 e. The summed E-state index contributed by atoms with van der Waals surface area (Å²) in [5.41, 5.74) is 0.568. The quantitative estimate of drug-likeness (QED) is 0.831. The summed E-state index contributed by atoms with van der Waals surface area (Å²) in [4.78, 5) is 14.6. The Bertz CT molecular complexity index is 778. The molecule has 0 saturated heterocycles. The molecule has 2 heterocycles. The molecule has 3 rings (SSSR count). The molecule has 1 atom stereocenters. The number of hydrogen-bond donors (Lipinski definition) is 2. The molecule has 22 heavy (non-hydrogen) atoms. The van der Waals surface area contributed by atoms with Crippen LogP contribution in [-0.4, -0.2) is 5.91 Å². The lowest BCUT2D eigenvalue weighted by atomic mass is 10.1. The number of hydrogen-bond acceptors (Lipinski definition) is 5. The maximum absolute atomic E-state index is 13.2. The van der Waals surface area contributed by atoms with Crippen LogP contribution >= 0.6 is 24.0 Å². The van der Waals surface area contributed by atoms with E-state index in [1.54, 1.807) is 17.0 Å². The summed E-state index contributed by atoms with van der Waals surface area (Å²) >= 11 is 5.83. The van der Waals surface area contributed by atoms with Gasteiger partial charge in [0.1, 0.15) is 23.6 Å². The first-order chi connectivity index (χ1) is 10.6. The molecule has 1 aromatic heterocycles. The van der Waals surface area contributed by atoms with Gasteiger partial charge in [-0.3, -0.25) is 4.79 Å². The summed E-state index contributed by atoms with van der Waals surface area (Å²) in [7, 11) is 0. The lowest BCUT2D eigenvalue weighted by molar-refractivity contribution is -0.118. The summed E-state index contributed by atoms with van der Waals surface area (Å²) in [6.45, 7) is 0. The van der Waals surface area contributed by atoms with Crippen molar-refractivity contribution >= 4 is 35.6 Å². The zero-order chi connectivity index (χ0) is 15.7. The van der Waals surface area contributed by atoms with Crippen molar-refractivity contribution in [1.82, 2.24) is 5.32 Å². The number of benzene rings is 1. The maximum atomic E-state index is 13.2. The van der Waals surface area contributed by atoms with Gasteiger partial charge in [-0.05, 0) is 35.7 Å². The lowest BCUT2D eigenvalue weighted by Crippen LogP contribution is -2.45. The van der Waals surface area contributed by atoms with Crippen molar-refractivity contribution in [1.29, 1.82) is 5.26 Å². The molecule has 110 valence electrons. The molecule has 0 aliphatic carbocycles. The maximum Gasteiger partial charge on any atom is 0.266 e. The fourth-order valence-corrected chi connectivity index (χ4v) is 3.37. The van der Waals surface area contributed by atoms with Crippen LogP contribution in [0, 0.1) is 17.1 Å². The van der Waals surface area contributed by atoms with Crippen molar-refractivity contribution in [3.8, 4) is 6.07 Å². The Balaban J connectivity index is 2.14. The molecule has 7 heteroatoms. The number of nitrogens with one attached hydrogen (secondary N) is 1. The van der Waals surface area contributed by atoms with Crippen LogP contribution in [0.3, 0.4) is 0 Å². The molecular weight excluding hydrogens is 321 g/mol. The number of nitriles is 1. The summed E-state index contributed by atoms with van der Waals surface area (Å²) < 4.78 is 13.2. The zero-order valence-electron chi connectivity index (χ0n) is 11.2. The number of carbonyl (C=O) groups is 1. The SMILES string of the molecule is N#CC1=C(S)N(c2ccc(F)cc2)[C@@H](c2cccs2)NC1=O. The molecule has 1 N–H and O–H groups in total. The summed E-state index contributed by atoms with van der Waals surface area (Å²) in [6, 6.07) is 11.4. The van der Waals surface area contributed by atoms with Gasteiger partial charge in [-0.1, -0.05) is 6.07 Å². The van der Waals surface area contributed by atoms with Crippen molar-refractivity contribution in [3.05, 3.63) is 63.1 Å². The monoisotopic (exact) mass is 331 g/mol. The average molecular weight is 331 g/mol. The van der Waals surface area contributed by atoms with Gasteiger partial charge in [0, 0.05) is 10.6 Å². The molecule has 1 aromatic carbocycles. The highest BCUT2D eigenvalue weighted by atomic mass is 32.1. The van der Waals surface area contributed by atoms with E-state index in [0.717, 1.165) is 4.88 Å². The molecular formula is C15H10FN3OS2. The minimum Gasteiger partial charge on any atom is -0.326 e. The molecule has 0 radical (unpaired) electrons. The Hall–Kier alpha value is -2.30. The van der Waals surface area contributed by atoms with E-state index in [2.05, 4.69) is 17.9 Å². The number of halogens is 1. The van der Waals surface area contributed by atoms with Gasteiger partial charge in [0.15, 0.2) is 0 Å². The molecule has 0 unspecified atom stereocenters. The fraction of sp³-hybridized carbons (Fsp3) is 0.0667. The van der Waals surface area contributed by atoms with Crippen molar-refractivity contribution < 1.29 is 9.18 Å². The number of amides is 1. The Morgan fingerprint density at radius 1 is 1.32 bits per heavy atom. The van der Waals surface area contributed by atoms with Crippen LogP contribution in [0.15, 0.2) is 52.4 Å². The third-order valence-electron chi connectivity index (χ3n) is 3.23.